The Morgan fingerprint density at radius 2 is 1.03 bits per heavy atom. The van der Waals surface area contributed by atoms with Crippen molar-refractivity contribution in [3.63, 3.8) is 0 Å². The van der Waals surface area contributed by atoms with Crippen LogP contribution in [0.1, 0.15) is 25.3 Å². The van der Waals surface area contributed by atoms with E-state index >= 15 is 0 Å². The summed E-state index contributed by atoms with van der Waals surface area (Å²) >= 11 is 0. The van der Waals surface area contributed by atoms with Crippen molar-refractivity contribution in [1.29, 1.82) is 0 Å². The van der Waals surface area contributed by atoms with Crippen LogP contribution in [0.25, 0.3) is 32.7 Å². The summed E-state index contributed by atoms with van der Waals surface area (Å²) < 4.78 is 0. The van der Waals surface area contributed by atoms with Crippen LogP contribution in [0.2, 0.25) is 0 Å². The lowest BCUT2D eigenvalue weighted by atomic mass is 9.92. The average molecular weight is 478 g/mol. The topological polar surface area (TPSA) is 3.24 Å². The molecule has 1 nitrogen and oxygen atoms in total. The molecule has 0 unspecified atom stereocenters. The average Bonchev–Trinajstić information content (AvgIpc) is 2.97. The fourth-order valence-electron chi connectivity index (χ4n) is 5.32. The third-order valence-electron chi connectivity index (χ3n) is 7.21. The maximum Gasteiger partial charge on any atom is 0.0462 e. The van der Waals surface area contributed by atoms with Gasteiger partial charge < -0.3 is 4.90 Å². The van der Waals surface area contributed by atoms with E-state index in [4.69, 9.17) is 0 Å². The molecule has 0 aliphatic rings. The van der Waals surface area contributed by atoms with E-state index in [1.807, 2.05) is 0 Å². The van der Waals surface area contributed by atoms with Crippen LogP contribution in [0.15, 0.2) is 133 Å². The van der Waals surface area contributed by atoms with Crippen LogP contribution in [0, 0.1) is 0 Å². The van der Waals surface area contributed by atoms with Crippen LogP contribution in [0.4, 0.5) is 17.1 Å². The number of hydrogen-bond acceptors (Lipinski definition) is 1. The molecule has 180 valence electrons. The van der Waals surface area contributed by atoms with Crippen LogP contribution in [-0.2, 0) is 6.42 Å². The highest BCUT2D eigenvalue weighted by Crippen LogP contribution is 2.39. The molecule has 0 radical (unpaired) electrons. The van der Waals surface area contributed by atoms with E-state index in [0.717, 1.165) is 17.8 Å². The molecule has 6 aromatic carbocycles. The van der Waals surface area contributed by atoms with Gasteiger partial charge in [0, 0.05) is 17.1 Å². The van der Waals surface area contributed by atoms with Gasteiger partial charge in [-0.25, -0.2) is 0 Å². The molecule has 0 aliphatic carbocycles. The fourth-order valence-corrected chi connectivity index (χ4v) is 5.32. The highest BCUT2D eigenvalue weighted by Gasteiger charge is 2.14. The maximum absolute atomic E-state index is 2.34. The van der Waals surface area contributed by atoms with Crippen molar-refractivity contribution in [2.75, 3.05) is 4.90 Å². The Morgan fingerprint density at radius 3 is 1.62 bits per heavy atom. The molecule has 0 aliphatic heterocycles. The Morgan fingerprint density at radius 1 is 0.514 bits per heavy atom. The van der Waals surface area contributed by atoms with Crippen molar-refractivity contribution < 1.29 is 0 Å². The van der Waals surface area contributed by atoms with E-state index < -0.39 is 0 Å². The second kappa shape index (κ2) is 10.3. The van der Waals surface area contributed by atoms with Gasteiger partial charge in [0.2, 0.25) is 0 Å². The first-order valence-electron chi connectivity index (χ1n) is 13.3. The molecule has 37 heavy (non-hydrogen) atoms. The lowest BCUT2D eigenvalue weighted by Crippen LogP contribution is -2.09. The van der Waals surface area contributed by atoms with Gasteiger partial charge in [-0.05, 0) is 93.5 Å². The summed E-state index contributed by atoms with van der Waals surface area (Å²) in [6, 6.07) is 48.5. The van der Waals surface area contributed by atoms with Crippen molar-refractivity contribution in [2.24, 2.45) is 0 Å². The smallest absolute Gasteiger partial charge is 0.0462 e. The predicted octanol–water partition coefficient (Wildman–Crippen LogP) is 10.5. The number of hydrogen-bond donors (Lipinski definition) is 0. The minimum atomic E-state index is 1.13. The Balaban J connectivity index is 1.44. The SMILES string of the molecule is CCCCc1ccc(N(c2ccccc2)c2ccc(-c3c4ccccc4cc4ccccc34)cc2)cc1. The second-order valence-corrected chi connectivity index (χ2v) is 9.68. The largest absolute Gasteiger partial charge is 0.311 e. The van der Waals surface area contributed by atoms with Gasteiger partial charge in [0.25, 0.3) is 0 Å². The third-order valence-corrected chi connectivity index (χ3v) is 7.21. The number of unbranched alkanes of at least 4 members (excludes halogenated alkanes) is 1. The maximum atomic E-state index is 2.34. The Labute approximate surface area is 219 Å². The zero-order valence-corrected chi connectivity index (χ0v) is 21.3. The number of nitrogens with zero attached hydrogens (tertiary/aromatic N) is 1. The van der Waals surface area contributed by atoms with E-state index in [9.17, 15) is 0 Å². The molecule has 0 N–H and O–H groups in total. The molecule has 0 atom stereocenters. The van der Waals surface area contributed by atoms with Gasteiger partial charge in [-0.1, -0.05) is 104 Å². The molecule has 0 saturated carbocycles. The molecule has 6 aromatic rings. The fraction of sp³-hybridized carbons (Fsp3) is 0.111. The highest BCUT2D eigenvalue weighted by atomic mass is 15.1. The predicted molar refractivity (Wildman–Crippen MR) is 160 cm³/mol. The van der Waals surface area contributed by atoms with E-state index in [-0.39, 0.29) is 0 Å². The van der Waals surface area contributed by atoms with Crippen molar-refractivity contribution >= 4 is 38.6 Å². The van der Waals surface area contributed by atoms with Gasteiger partial charge in [-0.2, -0.15) is 0 Å². The number of aryl methyl sites for hydroxylation is 1. The molecular formula is C36H31N. The molecule has 0 bridgehead atoms. The number of fused-ring (bicyclic) bond motifs is 2. The van der Waals surface area contributed by atoms with Gasteiger partial charge >= 0.3 is 0 Å². The zero-order valence-electron chi connectivity index (χ0n) is 21.3. The number of para-hydroxylation sites is 1. The number of rotatable bonds is 7. The molecule has 0 aromatic heterocycles. The van der Waals surface area contributed by atoms with Crippen molar-refractivity contribution in [3.8, 4) is 11.1 Å². The third kappa shape index (κ3) is 4.61. The molecule has 0 heterocycles. The Hall–Kier alpha value is -4.36. The summed E-state index contributed by atoms with van der Waals surface area (Å²) in [5.41, 5.74) is 7.42. The quantitative estimate of drug-likeness (QED) is 0.207. The van der Waals surface area contributed by atoms with Gasteiger partial charge in [-0.15, -0.1) is 0 Å². The van der Waals surface area contributed by atoms with E-state index in [2.05, 4.69) is 145 Å². The van der Waals surface area contributed by atoms with Crippen LogP contribution < -0.4 is 4.90 Å². The molecule has 0 fully saturated rings. The summed E-state index contributed by atoms with van der Waals surface area (Å²) in [5.74, 6) is 0. The molecule has 6 rings (SSSR count). The molecule has 1 heteroatoms. The Bertz CT molecular complexity index is 1580. The first-order chi connectivity index (χ1) is 18.3. The molecule has 0 spiro atoms. The van der Waals surface area contributed by atoms with Crippen LogP contribution in [0.3, 0.4) is 0 Å². The van der Waals surface area contributed by atoms with E-state index in [1.165, 1.54) is 56.8 Å². The normalized spacial score (nSPS) is 11.2. The van der Waals surface area contributed by atoms with Crippen molar-refractivity contribution in [1.82, 2.24) is 0 Å². The summed E-state index contributed by atoms with van der Waals surface area (Å²) in [6.07, 6.45) is 3.58. The summed E-state index contributed by atoms with van der Waals surface area (Å²) in [7, 11) is 0. The van der Waals surface area contributed by atoms with Crippen molar-refractivity contribution in [2.45, 2.75) is 26.2 Å². The first kappa shape index (κ1) is 23.1. The number of anilines is 3. The summed E-state index contributed by atoms with van der Waals surface area (Å²) in [6.45, 7) is 2.25. The first-order valence-corrected chi connectivity index (χ1v) is 13.3. The second-order valence-electron chi connectivity index (χ2n) is 9.68. The highest BCUT2D eigenvalue weighted by molar-refractivity contribution is 6.12. The number of benzene rings is 6. The van der Waals surface area contributed by atoms with Gasteiger partial charge in [0.15, 0.2) is 0 Å². The lowest BCUT2D eigenvalue weighted by molar-refractivity contribution is 0.795. The summed E-state index contributed by atoms with van der Waals surface area (Å²) in [4.78, 5) is 2.34. The molecule has 0 saturated heterocycles. The van der Waals surface area contributed by atoms with Gasteiger partial charge in [0.05, 0.1) is 0 Å². The lowest BCUT2D eigenvalue weighted by Gasteiger charge is -2.26. The molecular weight excluding hydrogens is 446 g/mol. The minimum Gasteiger partial charge on any atom is -0.311 e. The molecule has 0 amide bonds. The summed E-state index contributed by atoms with van der Waals surface area (Å²) in [5, 5.41) is 5.12. The van der Waals surface area contributed by atoms with Crippen LogP contribution >= 0.6 is 0 Å². The van der Waals surface area contributed by atoms with Gasteiger partial charge in [-0.3, -0.25) is 0 Å². The van der Waals surface area contributed by atoms with E-state index in [0.29, 0.717) is 0 Å². The monoisotopic (exact) mass is 477 g/mol. The van der Waals surface area contributed by atoms with Crippen LogP contribution in [0.5, 0.6) is 0 Å². The Kier molecular flexibility index (Phi) is 6.44. The standard InChI is InChI=1S/C36H31N/c1-2-3-11-27-18-22-32(23-19-27)37(31-14-5-4-6-15-31)33-24-20-28(21-25-33)36-34-16-9-7-12-29(34)26-30-13-8-10-17-35(30)36/h4-10,12-26H,2-3,11H2,1H3. The zero-order chi connectivity index (χ0) is 25.0. The van der Waals surface area contributed by atoms with E-state index in [1.54, 1.807) is 0 Å². The van der Waals surface area contributed by atoms with Gasteiger partial charge in [0.1, 0.15) is 0 Å². The van der Waals surface area contributed by atoms with Crippen LogP contribution in [-0.4, -0.2) is 0 Å². The van der Waals surface area contributed by atoms with Crippen molar-refractivity contribution in [3.05, 3.63) is 139 Å². The minimum absolute atomic E-state index is 1.13.